The van der Waals surface area contributed by atoms with Gasteiger partial charge in [-0.2, -0.15) is 0 Å². The van der Waals surface area contributed by atoms with E-state index in [9.17, 15) is 14.7 Å². The smallest absolute Gasteiger partial charge is 0.346 e. The average Bonchev–Trinajstić information content (AvgIpc) is 3.05. The van der Waals surface area contributed by atoms with Gasteiger partial charge >= 0.3 is 5.97 Å². The standard InChI is InChI=1S/C21H21N3O3S/c1-13-17-19(25)22-16(23-20(17)28-18(13)21(26)27)10-7-14-5-8-15(9-6-14)24-11-3-2-4-12-24/h5-10H,2-4,11-12H2,1H3,(H,26,27)(H,22,23,25)/b10-7+. The summed E-state index contributed by atoms with van der Waals surface area (Å²) in [6.07, 6.45) is 7.43. The topological polar surface area (TPSA) is 86.3 Å². The first-order valence-electron chi connectivity index (χ1n) is 9.33. The van der Waals surface area contributed by atoms with E-state index in [1.54, 1.807) is 13.0 Å². The number of rotatable bonds is 4. The Morgan fingerprint density at radius 1 is 1.18 bits per heavy atom. The zero-order valence-electron chi connectivity index (χ0n) is 15.6. The second-order valence-electron chi connectivity index (χ2n) is 6.97. The van der Waals surface area contributed by atoms with E-state index < -0.39 is 5.97 Å². The third-order valence-electron chi connectivity index (χ3n) is 5.06. The van der Waals surface area contributed by atoms with Crippen LogP contribution in [-0.2, 0) is 0 Å². The van der Waals surface area contributed by atoms with E-state index in [2.05, 4.69) is 39.1 Å². The Balaban J connectivity index is 1.58. The van der Waals surface area contributed by atoms with Crippen LogP contribution in [0.3, 0.4) is 0 Å². The van der Waals surface area contributed by atoms with Crippen molar-refractivity contribution in [1.29, 1.82) is 0 Å². The number of anilines is 1. The molecule has 0 spiro atoms. The number of fused-ring (bicyclic) bond motifs is 1. The predicted octanol–water partition coefficient (Wildman–Crippen LogP) is 4.15. The van der Waals surface area contributed by atoms with Crippen molar-refractivity contribution in [2.45, 2.75) is 26.2 Å². The maximum Gasteiger partial charge on any atom is 0.346 e. The molecule has 0 radical (unpaired) electrons. The highest BCUT2D eigenvalue weighted by molar-refractivity contribution is 7.20. The number of H-pyrrole nitrogens is 1. The number of aromatic nitrogens is 2. The summed E-state index contributed by atoms with van der Waals surface area (Å²) in [7, 11) is 0. The van der Waals surface area contributed by atoms with Crippen LogP contribution in [0.4, 0.5) is 5.69 Å². The SMILES string of the molecule is Cc1c(C(=O)O)sc2nc(/C=C/c3ccc(N4CCCCC4)cc3)[nH]c(=O)c12. The van der Waals surface area contributed by atoms with Gasteiger partial charge in [0.25, 0.3) is 5.56 Å². The van der Waals surface area contributed by atoms with E-state index in [0.717, 1.165) is 30.0 Å². The molecule has 0 atom stereocenters. The summed E-state index contributed by atoms with van der Waals surface area (Å²) in [5.41, 5.74) is 2.40. The van der Waals surface area contributed by atoms with Gasteiger partial charge in [-0.15, -0.1) is 11.3 Å². The largest absolute Gasteiger partial charge is 0.477 e. The highest BCUT2D eigenvalue weighted by Crippen LogP contribution is 2.27. The second-order valence-corrected chi connectivity index (χ2v) is 7.96. The number of hydrogen-bond acceptors (Lipinski definition) is 5. The Morgan fingerprint density at radius 2 is 1.89 bits per heavy atom. The molecule has 28 heavy (non-hydrogen) atoms. The van der Waals surface area contributed by atoms with Gasteiger partial charge in [0.05, 0.1) is 5.39 Å². The molecule has 1 aromatic carbocycles. The van der Waals surface area contributed by atoms with Gasteiger partial charge < -0.3 is 15.0 Å². The maximum absolute atomic E-state index is 12.4. The number of thiophene rings is 1. The van der Waals surface area contributed by atoms with Crippen LogP contribution in [0.2, 0.25) is 0 Å². The summed E-state index contributed by atoms with van der Waals surface area (Å²) in [6.45, 7) is 3.86. The molecule has 3 aromatic rings. The predicted molar refractivity (Wildman–Crippen MR) is 113 cm³/mol. The lowest BCUT2D eigenvalue weighted by Gasteiger charge is -2.28. The van der Waals surface area contributed by atoms with Gasteiger partial charge in [-0.25, -0.2) is 9.78 Å². The number of aryl methyl sites for hydroxylation is 1. The fourth-order valence-electron chi connectivity index (χ4n) is 3.57. The Bertz CT molecular complexity index is 1110. The molecule has 0 aliphatic carbocycles. The zero-order chi connectivity index (χ0) is 19.7. The normalized spacial score (nSPS) is 14.8. The van der Waals surface area contributed by atoms with Crippen LogP contribution in [0.25, 0.3) is 22.4 Å². The van der Waals surface area contributed by atoms with Crippen molar-refractivity contribution in [3.63, 3.8) is 0 Å². The molecule has 0 amide bonds. The van der Waals surface area contributed by atoms with Crippen LogP contribution in [0.15, 0.2) is 29.1 Å². The first kappa shape index (κ1) is 18.4. The molecule has 6 nitrogen and oxygen atoms in total. The number of carbonyl (C=O) groups is 1. The number of hydrogen-bond donors (Lipinski definition) is 2. The van der Waals surface area contributed by atoms with E-state index in [0.29, 0.717) is 21.6 Å². The van der Waals surface area contributed by atoms with E-state index in [-0.39, 0.29) is 10.4 Å². The Kier molecular flexibility index (Phi) is 5.00. The lowest BCUT2D eigenvalue weighted by Crippen LogP contribution is -2.29. The molecular formula is C21H21N3O3S. The van der Waals surface area contributed by atoms with Crippen LogP contribution in [0, 0.1) is 6.92 Å². The van der Waals surface area contributed by atoms with E-state index >= 15 is 0 Å². The van der Waals surface area contributed by atoms with Crippen molar-refractivity contribution < 1.29 is 9.90 Å². The summed E-state index contributed by atoms with van der Waals surface area (Å²) in [5, 5.41) is 9.60. The summed E-state index contributed by atoms with van der Waals surface area (Å²) in [5.74, 6) is -0.624. The van der Waals surface area contributed by atoms with Crippen molar-refractivity contribution >= 4 is 45.4 Å². The van der Waals surface area contributed by atoms with Crippen molar-refractivity contribution in [3.05, 3.63) is 56.4 Å². The number of aromatic amines is 1. The lowest BCUT2D eigenvalue weighted by molar-refractivity contribution is 0.0701. The highest BCUT2D eigenvalue weighted by Gasteiger charge is 2.18. The molecule has 2 aromatic heterocycles. The molecule has 4 rings (SSSR count). The number of nitrogens with one attached hydrogen (secondary N) is 1. The van der Waals surface area contributed by atoms with E-state index in [1.165, 1.54) is 24.9 Å². The van der Waals surface area contributed by atoms with Crippen LogP contribution in [0.1, 0.15) is 45.9 Å². The van der Waals surface area contributed by atoms with Gasteiger partial charge in [-0.1, -0.05) is 18.2 Å². The molecule has 1 fully saturated rings. The lowest BCUT2D eigenvalue weighted by atomic mass is 10.1. The first-order chi connectivity index (χ1) is 13.5. The molecular weight excluding hydrogens is 374 g/mol. The summed E-state index contributed by atoms with van der Waals surface area (Å²) in [6, 6.07) is 8.34. The maximum atomic E-state index is 12.4. The monoisotopic (exact) mass is 395 g/mol. The fraction of sp³-hybridized carbons (Fsp3) is 0.286. The van der Waals surface area contributed by atoms with Gasteiger partial charge in [-0.05, 0) is 55.5 Å². The molecule has 3 heterocycles. The van der Waals surface area contributed by atoms with Crippen molar-refractivity contribution in [2.75, 3.05) is 18.0 Å². The van der Waals surface area contributed by atoms with Crippen molar-refractivity contribution in [2.24, 2.45) is 0 Å². The molecule has 2 N–H and O–H groups in total. The molecule has 7 heteroatoms. The summed E-state index contributed by atoms with van der Waals surface area (Å²) in [4.78, 5) is 33.8. The van der Waals surface area contributed by atoms with E-state index in [1.807, 2.05) is 6.08 Å². The number of carboxylic acids is 1. The van der Waals surface area contributed by atoms with Crippen LogP contribution in [0.5, 0.6) is 0 Å². The summed E-state index contributed by atoms with van der Waals surface area (Å²) >= 11 is 1.03. The number of piperidine rings is 1. The van der Waals surface area contributed by atoms with Gasteiger partial charge in [0.1, 0.15) is 15.5 Å². The number of aromatic carboxylic acids is 1. The van der Waals surface area contributed by atoms with Crippen molar-refractivity contribution in [1.82, 2.24) is 9.97 Å². The Morgan fingerprint density at radius 3 is 2.57 bits per heavy atom. The molecule has 144 valence electrons. The van der Waals surface area contributed by atoms with Gasteiger partial charge in [0, 0.05) is 18.8 Å². The second kappa shape index (κ2) is 7.59. The van der Waals surface area contributed by atoms with Crippen LogP contribution < -0.4 is 10.5 Å². The van der Waals surface area contributed by atoms with Crippen LogP contribution >= 0.6 is 11.3 Å². The third-order valence-corrected chi connectivity index (χ3v) is 6.23. The quantitative estimate of drug-likeness (QED) is 0.693. The third kappa shape index (κ3) is 3.57. The molecule has 0 unspecified atom stereocenters. The first-order valence-corrected chi connectivity index (χ1v) is 10.1. The minimum Gasteiger partial charge on any atom is -0.477 e. The number of carboxylic acid groups (broad SMARTS) is 1. The molecule has 0 saturated carbocycles. The fourth-order valence-corrected chi connectivity index (χ4v) is 4.59. The molecule has 1 aliphatic rings. The summed E-state index contributed by atoms with van der Waals surface area (Å²) < 4.78 is 0. The van der Waals surface area contributed by atoms with Gasteiger partial charge in [0.2, 0.25) is 0 Å². The number of nitrogens with zero attached hydrogens (tertiary/aromatic N) is 2. The molecule has 1 aliphatic heterocycles. The zero-order valence-corrected chi connectivity index (χ0v) is 16.4. The Labute approximate surface area is 166 Å². The van der Waals surface area contributed by atoms with Crippen molar-refractivity contribution in [3.8, 4) is 0 Å². The number of benzene rings is 1. The van der Waals surface area contributed by atoms with Gasteiger partial charge in [-0.3, -0.25) is 4.79 Å². The minimum absolute atomic E-state index is 0.155. The molecule has 1 saturated heterocycles. The average molecular weight is 395 g/mol. The van der Waals surface area contributed by atoms with Crippen LogP contribution in [-0.4, -0.2) is 34.1 Å². The minimum atomic E-state index is -1.04. The van der Waals surface area contributed by atoms with Gasteiger partial charge in [0.15, 0.2) is 0 Å². The molecule has 0 bridgehead atoms. The van der Waals surface area contributed by atoms with E-state index in [4.69, 9.17) is 0 Å². The Hall–Kier alpha value is -2.93. The highest BCUT2D eigenvalue weighted by atomic mass is 32.1.